The first-order chi connectivity index (χ1) is 25.7. The predicted molar refractivity (Wildman–Crippen MR) is 220 cm³/mol. The number of furan rings is 1. The van der Waals surface area contributed by atoms with Gasteiger partial charge in [-0.1, -0.05) is 122 Å². The summed E-state index contributed by atoms with van der Waals surface area (Å²) < 4.78 is 11.5. The monoisotopic (exact) mass is 666 g/mol. The van der Waals surface area contributed by atoms with E-state index in [1.165, 1.54) is 32.8 Å². The van der Waals surface area contributed by atoms with Crippen molar-refractivity contribution in [2.24, 2.45) is 0 Å². The fourth-order valence-corrected chi connectivity index (χ4v) is 8.10. The number of rotatable bonds is 6. The Kier molecular flexibility index (Phi) is 6.87. The van der Waals surface area contributed by atoms with E-state index in [1.807, 2.05) is 12.2 Å². The third kappa shape index (κ3) is 4.60. The Hall–Kier alpha value is -6.84. The van der Waals surface area contributed by atoms with Crippen LogP contribution < -0.4 is 0 Å². The van der Waals surface area contributed by atoms with Gasteiger partial charge in [0, 0.05) is 32.9 Å². The molecule has 10 rings (SSSR count). The Morgan fingerprint density at radius 2 is 1.13 bits per heavy atom. The van der Waals surface area contributed by atoms with Crippen molar-refractivity contribution in [1.29, 1.82) is 0 Å². The number of allylic oxidation sites excluding steroid dienone is 2. The third-order valence-electron chi connectivity index (χ3n) is 10.5. The maximum Gasteiger partial charge on any atom is 0.138 e. The second-order valence-corrected chi connectivity index (χ2v) is 13.4. The summed E-state index contributed by atoms with van der Waals surface area (Å²) in [5, 5.41) is 5.90. The first-order valence-corrected chi connectivity index (χ1v) is 17.7. The zero-order chi connectivity index (χ0) is 34.8. The fourth-order valence-electron chi connectivity index (χ4n) is 8.10. The molecule has 3 heteroatoms. The van der Waals surface area contributed by atoms with Crippen molar-refractivity contribution in [3.8, 4) is 33.6 Å². The van der Waals surface area contributed by atoms with Crippen LogP contribution in [0.25, 0.3) is 94.4 Å². The van der Waals surface area contributed by atoms with E-state index in [4.69, 9.17) is 4.42 Å². The van der Waals surface area contributed by atoms with Gasteiger partial charge in [-0.05, 0) is 95.4 Å². The largest absolute Gasteiger partial charge is 0.456 e. The zero-order valence-corrected chi connectivity index (χ0v) is 28.8. The van der Waals surface area contributed by atoms with Crippen LogP contribution in [0.1, 0.15) is 11.3 Å². The molecular formula is C49H34N2O. The van der Waals surface area contributed by atoms with Gasteiger partial charge in [-0.25, -0.2) is 0 Å². The lowest BCUT2D eigenvalue weighted by Crippen LogP contribution is -1.99. The van der Waals surface area contributed by atoms with E-state index in [1.54, 1.807) is 0 Å². The molecule has 0 N–H and O–H groups in total. The molecule has 0 atom stereocenters. The molecule has 3 aromatic heterocycles. The van der Waals surface area contributed by atoms with Crippen molar-refractivity contribution < 1.29 is 4.42 Å². The van der Waals surface area contributed by atoms with Crippen LogP contribution >= 0.6 is 0 Å². The van der Waals surface area contributed by atoms with Crippen LogP contribution in [-0.4, -0.2) is 9.13 Å². The van der Waals surface area contributed by atoms with Gasteiger partial charge in [0.15, 0.2) is 0 Å². The number of nitrogens with zero attached hydrogens (tertiary/aromatic N) is 2. The number of hydrogen-bond acceptors (Lipinski definition) is 1. The average molecular weight is 667 g/mol. The minimum atomic E-state index is 0.858. The van der Waals surface area contributed by atoms with Crippen LogP contribution in [0.5, 0.6) is 0 Å². The van der Waals surface area contributed by atoms with E-state index in [-0.39, 0.29) is 0 Å². The quantitative estimate of drug-likeness (QED) is 0.162. The number of fused-ring (bicyclic) bond motifs is 7. The molecule has 0 unspecified atom stereocenters. The molecule has 3 heterocycles. The normalized spacial score (nSPS) is 11.9. The maximum absolute atomic E-state index is 6.73. The van der Waals surface area contributed by atoms with Gasteiger partial charge in [0.2, 0.25) is 0 Å². The molecule has 0 aliphatic rings. The number of hydrogen-bond donors (Lipinski definition) is 0. The molecule has 52 heavy (non-hydrogen) atoms. The summed E-state index contributed by atoms with van der Waals surface area (Å²) in [6.07, 6.45) is 6.02. The lowest BCUT2D eigenvalue weighted by molar-refractivity contribution is 0.669. The van der Waals surface area contributed by atoms with E-state index < -0.39 is 0 Å². The topological polar surface area (TPSA) is 23.0 Å². The summed E-state index contributed by atoms with van der Waals surface area (Å²) in [5.74, 6) is 0. The molecule has 7 aromatic carbocycles. The molecule has 0 saturated heterocycles. The molecule has 0 aliphatic heterocycles. The highest BCUT2D eigenvalue weighted by Gasteiger charge is 2.21. The van der Waals surface area contributed by atoms with Crippen LogP contribution in [0, 0.1) is 6.92 Å². The first kappa shape index (κ1) is 30.0. The molecular weight excluding hydrogens is 633 g/mol. The maximum atomic E-state index is 6.73. The van der Waals surface area contributed by atoms with Gasteiger partial charge in [0.05, 0.1) is 27.6 Å². The Morgan fingerprint density at radius 3 is 1.87 bits per heavy atom. The molecule has 0 saturated carbocycles. The van der Waals surface area contributed by atoms with Crippen molar-refractivity contribution in [2.75, 3.05) is 0 Å². The average Bonchev–Trinajstić information content (AvgIpc) is 3.84. The molecule has 0 aliphatic carbocycles. The molecule has 0 radical (unpaired) electrons. The number of para-hydroxylation sites is 3. The van der Waals surface area contributed by atoms with Gasteiger partial charge in [-0.2, -0.15) is 0 Å². The molecule has 0 amide bonds. The minimum absolute atomic E-state index is 0.858. The minimum Gasteiger partial charge on any atom is -0.456 e. The van der Waals surface area contributed by atoms with E-state index in [0.717, 1.165) is 66.8 Å². The van der Waals surface area contributed by atoms with Crippen molar-refractivity contribution in [3.05, 3.63) is 188 Å². The summed E-state index contributed by atoms with van der Waals surface area (Å²) in [5.41, 5.74) is 14.4. The van der Waals surface area contributed by atoms with Crippen LogP contribution in [-0.2, 0) is 0 Å². The van der Waals surface area contributed by atoms with E-state index >= 15 is 0 Å². The highest BCUT2D eigenvalue weighted by atomic mass is 16.3. The molecule has 0 fully saturated rings. The van der Waals surface area contributed by atoms with Gasteiger partial charge in [-0.15, -0.1) is 0 Å². The Morgan fingerprint density at radius 1 is 0.500 bits per heavy atom. The Labute approximate surface area is 301 Å². The predicted octanol–water partition coefficient (Wildman–Crippen LogP) is 13.5. The lowest BCUT2D eigenvalue weighted by Gasteiger charge is -2.14. The summed E-state index contributed by atoms with van der Waals surface area (Å²) in [6.45, 7) is 6.18. The highest BCUT2D eigenvalue weighted by molar-refractivity contribution is 6.13. The molecule has 0 bridgehead atoms. The Balaban J connectivity index is 1.23. The smallest absolute Gasteiger partial charge is 0.138 e. The highest BCUT2D eigenvalue weighted by Crippen LogP contribution is 2.42. The second-order valence-electron chi connectivity index (χ2n) is 13.4. The molecule has 246 valence electrons. The number of benzene rings is 7. The second kappa shape index (κ2) is 11.9. The van der Waals surface area contributed by atoms with Crippen molar-refractivity contribution >= 4 is 60.7 Å². The summed E-state index contributed by atoms with van der Waals surface area (Å²) in [6, 6.07) is 56.5. The van der Waals surface area contributed by atoms with E-state index in [2.05, 4.69) is 186 Å². The van der Waals surface area contributed by atoms with E-state index in [9.17, 15) is 0 Å². The summed E-state index contributed by atoms with van der Waals surface area (Å²) in [4.78, 5) is 0. The van der Waals surface area contributed by atoms with Crippen LogP contribution in [0.15, 0.2) is 181 Å². The third-order valence-corrected chi connectivity index (χ3v) is 10.5. The molecule has 10 aromatic rings. The molecule has 0 spiro atoms. The SMILES string of the molecule is C=C/C=C\c1c(C)c2ccccc2n1-c1cc(-c2ccccc2)cc2oc3ccc(-c4cccc(-n5c6ccccc6c6ccccc65)c4)cc3c12. The van der Waals surface area contributed by atoms with Gasteiger partial charge in [0.25, 0.3) is 0 Å². The molecule has 3 nitrogen and oxygen atoms in total. The van der Waals surface area contributed by atoms with E-state index in [0.29, 0.717) is 0 Å². The van der Waals surface area contributed by atoms with Gasteiger partial charge < -0.3 is 13.6 Å². The van der Waals surface area contributed by atoms with Crippen molar-refractivity contribution in [1.82, 2.24) is 9.13 Å². The van der Waals surface area contributed by atoms with Crippen molar-refractivity contribution in [3.63, 3.8) is 0 Å². The number of aryl methyl sites for hydroxylation is 1. The van der Waals surface area contributed by atoms with Gasteiger partial charge in [-0.3, -0.25) is 0 Å². The van der Waals surface area contributed by atoms with Gasteiger partial charge >= 0.3 is 0 Å². The zero-order valence-electron chi connectivity index (χ0n) is 28.8. The number of aromatic nitrogens is 2. The first-order valence-electron chi connectivity index (χ1n) is 17.7. The fraction of sp³-hybridized carbons (Fsp3) is 0.0204. The van der Waals surface area contributed by atoms with Crippen LogP contribution in [0.2, 0.25) is 0 Å². The van der Waals surface area contributed by atoms with Crippen molar-refractivity contribution in [2.45, 2.75) is 6.92 Å². The standard InChI is InChI=1S/C49H34N2O/c1-3-4-22-42-32(2)38-19-8-11-23-43(38)51(42)46-30-36(33-15-6-5-7-16-33)31-48-49(46)41-29-35(26-27-47(41)52-48)34-17-14-18-37(28-34)50-44-24-12-9-20-39(44)40-21-10-13-25-45(40)50/h3-31H,1H2,2H3/b22-4-. The Bertz CT molecular complexity index is 2990. The van der Waals surface area contributed by atoms with Crippen LogP contribution in [0.4, 0.5) is 0 Å². The summed E-state index contributed by atoms with van der Waals surface area (Å²) in [7, 11) is 0. The summed E-state index contributed by atoms with van der Waals surface area (Å²) >= 11 is 0. The van der Waals surface area contributed by atoms with Gasteiger partial charge in [0.1, 0.15) is 11.2 Å². The van der Waals surface area contributed by atoms with Crippen LogP contribution in [0.3, 0.4) is 0 Å². The lowest BCUT2D eigenvalue weighted by atomic mass is 9.99.